The van der Waals surface area contributed by atoms with Crippen LogP contribution in [0.5, 0.6) is 0 Å². The first kappa shape index (κ1) is 25.3. The molecule has 0 atom stereocenters. The van der Waals surface area contributed by atoms with Crippen LogP contribution >= 0.6 is 11.8 Å². The van der Waals surface area contributed by atoms with Crippen molar-refractivity contribution in [1.29, 1.82) is 0 Å². The summed E-state index contributed by atoms with van der Waals surface area (Å²) in [7, 11) is 0. The van der Waals surface area contributed by atoms with E-state index in [1.54, 1.807) is 0 Å². The van der Waals surface area contributed by atoms with Gasteiger partial charge in [0.1, 0.15) is 0 Å². The number of carbonyl (C=O) groups is 1. The van der Waals surface area contributed by atoms with Gasteiger partial charge in [-0.2, -0.15) is 0 Å². The van der Waals surface area contributed by atoms with Crippen molar-refractivity contribution in [1.82, 2.24) is 19.7 Å². The molecular formula is C31H37N5O2S. The first-order valence-corrected chi connectivity index (χ1v) is 15.5. The zero-order chi connectivity index (χ0) is 26.2. The Balaban J connectivity index is 1.01. The number of carbonyl (C=O) groups excluding carboxylic acids is 1. The molecule has 0 spiro atoms. The molecule has 1 aromatic heterocycles. The first-order valence-electron chi connectivity index (χ1n) is 14.5. The molecular weight excluding hydrogens is 506 g/mol. The van der Waals surface area contributed by atoms with E-state index >= 15 is 0 Å². The van der Waals surface area contributed by atoms with E-state index in [-0.39, 0.29) is 11.7 Å². The van der Waals surface area contributed by atoms with Crippen LogP contribution < -0.4 is 5.32 Å². The number of amides is 1. The number of morpholine rings is 1. The quantitative estimate of drug-likeness (QED) is 0.389. The number of rotatable bonds is 8. The maximum atomic E-state index is 13.0. The van der Waals surface area contributed by atoms with E-state index in [1.807, 2.05) is 18.2 Å². The highest BCUT2D eigenvalue weighted by Gasteiger charge is 2.51. The molecule has 2 aromatic carbocycles. The van der Waals surface area contributed by atoms with Crippen molar-refractivity contribution >= 4 is 23.4 Å². The third-order valence-electron chi connectivity index (χ3n) is 9.34. The minimum Gasteiger partial charge on any atom is -0.379 e. The largest absolute Gasteiger partial charge is 0.379 e. The van der Waals surface area contributed by atoms with Gasteiger partial charge in [0, 0.05) is 24.5 Å². The Morgan fingerprint density at radius 3 is 2.26 bits per heavy atom. The normalized spacial score (nSPS) is 28.1. The number of para-hydroxylation sites is 1. The molecule has 8 heteroatoms. The second-order valence-corrected chi connectivity index (χ2v) is 13.0. The van der Waals surface area contributed by atoms with Crippen LogP contribution in [0.4, 0.5) is 5.69 Å². The van der Waals surface area contributed by atoms with Crippen molar-refractivity contribution in [3.63, 3.8) is 0 Å². The number of ether oxygens (including phenoxy) is 1. The lowest BCUT2D eigenvalue weighted by molar-refractivity contribution is -0.113. The Hall–Kier alpha value is -2.68. The Morgan fingerprint density at radius 2 is 1.59 bits per heavy atom. The average molecular weight is 544 g/mol. The van der Waals surface area contributed by atoms with Crippen LogP contribution in [0.2, 0.25) is 0 Å². The zero-order valence-electron chi connectivity index (χ0n) is 22.4. The number of hydrogen-bond acceptors (Lipinski definition) is 6. The molecule has 4 saturated carbocycles. The SMILES string of the molecule is O=C(CSc1nnc(CN2CCOCC2)n1-c1ccccc1)Nc1ccc(C23CC4CC(CC(C4)C2)C3)cc1. The molecule has 0 radical (unpaired) electrons. The van der Waals surface area contributed by atoms with Gasteiger partial charge in [-0.15, -0.1) is 10.2 Å². The van der Waals surface area contributed by atoms with Crippen LogP contribution in [0, 0.1) is 17.8 Å². The molecule has 7 nitrogen and oxygen atoms in total. The summed E-state index contributed by atoms with van der Waals surface area (Å²) in [6, 6.07) is 18.9. The molecule has 4 aliphatic carbocycles. The molecule has 39 heavy (non-hydrogen) atoms. The Labute approximate surface area is 234 Å². The molecule has 3 aromatic rings. The van der Waals surface area contributed by atoms with Crippen LogP contribution in [-0.4, -0.2) is 57.6 Å². The van der Waals surface area contributed by atoms with Crippen LogP contribution in [0.25, 0.3) is 5.69 Å². The summed E-state index contributed by atoms with van der Waals surface area (Å²) in [5.41, 5.74) is 3.74. The standard InChI is InChI=1S/C31H37N5O2S/c37-29(32-26-8-6-25(7-9-26)31-17-22-14-23(18-31)16-24(15-22)19-31)21-39-30-34-33-28(20-35-10-12-38-13-11-35)36(30)27-4-2-1-3-5-27/h1-9,22-24H,10-21H2,(H,32,37). The smallest absolute Gasteiger partial charge is 0.234 e. The molecule has 8 rings (SSSR count). The monoisotopic (exact) mass is 543 g/mol. The zero-order valence-corrected chi connectivity index (χ0v) is 23.2. The predicted octanol–water partition coefficient (Wildman–Crippen LogP) is 5.30. The maximum Gasteiger partial charge on any atom is 0.234 e. The first-order chi connectivity index (χ1) is 19.1. The highest BCUT2D eigenvalue weighted by atomic mass is 32.2. The van der Waals surface area contributed by atoms with Gasteiger partial charge in [-0.05, 0) is 91.5 Å². The Morgan fingerprint density at radius 1 is 0.923 bits per heavy atom. The van der Waals surface area contributed by atoms with Gasteiger partial charge < -0.3 is 10.1 Å². The van der Waals surface area contributed by atoms with Crippen LogP contribution in [0.3, 0.4) is 0 Å². The number of hydrogen-bond donors (Lipinski definition) is 1. The lowest BCUT2D eigenvalue weighted by Crippen LogP contribution is -2.48. The van der Waals surface area contributed by atoms with Crippen LogP contribution in [0.15, 0.2) is 59.8 Å². The van der Waals surface area contributed by atoms with E-state index in [0.29, 0.717) is 12.0 Å². The van der Waals surface area contributed by atoms with E-state index in [0.717, 1.165) is 66.4 Å². The van der Waals surface area contributed by atoms with Gasteiger partial charge in [0.15, 0.2) is 11.0 Å². The number of aromatic nitrogens is 3. The lowest BCUT2D eigenvalue weighted by Gasteiger charge is -2.57. The van der Waals surface area contributed by atoms with Crippen LogP contribution in [0.1, 0.15) is 49.9 Å². The molecule has 1 N–H and O–H groups in total. The fraction of sp³-hybridized carbons (Fsp3) is 0.516. The molecule has 1 saturated heterocycles. The summed E-state index contributed by atoms with van der Waals surface area (Å²) < 4.78 is 7.58. The molecule has 204 valence electrons. The highest BCUT2D eigenvalue weighted by Crippen LogP contribution is 2.60. The molecule has 5 fully saturated rings. The third-order valence-corrected chi connectivity index (χ3v) is 10.3. The highest BCUT2D eigenvalue weighted by molar-refractivity contribution is 7.99. The second-order valence-electron chi connectivity index (χ2n) is 12.1. The topological polar surface area (TPSA) is 72.3 Å². The number of nitrogens with zero attached hydrogens (tertiary/aromatic N) is 4. The van der Waals surface area contributed by atoms with Crippen molar-refractivity contribution in [3.8, 4) is 5.69 Å². The van der Waals surface area contributed by atoms with Crippen molar-refractivity contribution in [2.24, 2.45) is 17.8 Å². The molecule has 1 aliphatic heterocycles. The van der Waals surface area contributed by atoms with Crippen molar-refractivity contribution in [2.75, 3.05) is 37.4 Å². The molecule has 5 aliphatic rings. The fourth-order valence-electron chi connectivity index (χ4n) is 7.99. The second kappa shape index (κ2) is 10.7. The summed E-state index contributed by atoms with van der Waals surface area (Å²) in [4.78, 5) is 15.3. The number of nitrogens with one attached hydrogen (secondary N) is 1. The average Bonchev–Trinajstić information content (AvgIpc) is 3.35. The summed E-state index contributed by atoms with van der Waals surface area (Å²) in [6.07, 6.45) is 8.44. The van der Waals surface area contributed by atoms with Gasteiger partial charge in [0.2, 0.25) is 5.91 Å². The van der Waals surface area contributed by atoms with Gasteiger partial charge in [0.05, 0.1) is 25.5 Å². The molecule has 4 bridgehead atoms. The van der Waals surface area contributed by atoms with Gasteiger partial charge in [-0.25, -0.2) is 0 Å². The fourth-order valence-corrected chi connectivity index (χ4v) is 8.76. The minimum absolute atomic E-state index is 0.0279. The summed E-state index contributed by atoms with van der Waals surface area (Å²) in [5, 5.41) is 12.8. The number of thioether (sulfide) groups is 1. The van der Waals surface area contributed by atoms with E-state index in [1.165, 1.54) is 55.9 Å². The van der Waals surface area contributed by atoms with Gasteiger partial charge >= 0.3 is 0 Å². The van der Waals surface area contributed by atoms with Gasteiger partial charge in [0.25, 0.3) is 0 Å². The van der Waals surface area contributed by atoms with Crippen LogP contribution in [-0.2, 0) is 21.5 Å². The van der Waals surface area contributed by atoms with Gasteiger partial charge in [-0.3, -0.25) is 14.3 Å². The van der Waals surface area contributed by atoms with E-state index < -0.39 is 0 Å². The third kappa shape index (κ3) is 5.26. The Kier molecular flexibility index (Phi) is 6.95. The van der Waals surface area contributed by atoms with E-state index in [9.17, 15) is 4.79 Å². The lowest BCUT2D eigenvalue weighted by atomic mass is 9.48. The summed E-state index contributed by atoms with van der Waals surface area (Å²) >= 11 is 1.43. The predicted molar refractivity (Wildman–Crippen MR) is 153 cm³/mol. The summed E-state index contributed by atoms with van der Waals surface area (Å²) in [6.45, 7) is 3.95. The van der Waals surface area contributed by atoms with Gasteiger partial charge in [-0.1, -0.05) is 42.1 Å². The molecule has 0 unspecified atom stereocenters. The number of anilines is 1. The van der Waals surface area contributed by atoms with E-state index in [2.05, 4.69) is 61.4 Å². The van der Waals surface area contributed by atoms with Crippen molar-refractivity contribution < 1.29 is 9.53 Å². The Bertz CT molecular complexity index is 1270. The number of benzene rings is 2. The van der Waals surface area contributed by atoms with Crippen molar-refractivity contribution in [3.05, 3.63) is 66.0 Å². The maximum absolute atomic E-state index is 13.0. The molecule has 1 amide bonds. The van der Waals surface area contributed by atoms with E-state index in [4.69, 9.17) is 4.74 Å². The molecule has 2 heterocycles. The minimum atomic E-state index is -0.0279. The summed E-state index contributed by atoms with van der Waals surface area (Å²) in [5.74, 6) is 3.92. The van der Waals surface area contributed by atoms with Crippen molar-refractivity contribution in [2.45, 2.75) is 55.6 Å².